The summed E-state index contributed by atoms with van der Waals surface area (Å²) in [5, 5.41) is 0. The smallest absolute Gasteiger partial charge is 0.429 e. The van der Waals surface area contributed by atoms with E-state index in [1.54, 1.807) is 0 Å². The van der Waals surface area contributed by atoms with Gasteiger partial charge in [-0.25, -0.2) is 13.5 Å². The Bertz CT molecular complexity index is 962. The van der Waals surface area contributed by atoms with Crippen LogP contribution < -0.4 is 4.74 Å². The van der Waals surface area contributed by atoms with Crippen molar-refractivity contribution in [3.8, 4) is 5.75 Å². The predicted octanol–water partition coefficient (Wildman–Crippen LogP) is 6.75. The van der Waals surface area contributed by atoms with Crippen LogP contribution in [0.1, 0.15) is 36.3 Å². The van der Waals surface area contributed by atoms with Crippen LogP contribution in [-0.4, -0.2) is 19.6 Å². The zero-order valence-electron chi connectivity index (χ0n) is 17.3. The van der Waals surface area contributed by atoms with Crippen molar-refractivity contribution in [2.45, 2.75) is 38.2 Å². The lowest BCUT2D eigenvalue weighted by atomic mass is 10.1. The standard InChI is InChI=1S/C21H17F9O4/c1-2-11-9-31-18(32-10-11)12-3-5-13(6-4-12)19(24,25)33-14-7-15(22)17(16(23)8-14)20(26,27)34-21(28,29)30/h3-8,11,18H,2,9-10H2,1H3. The monoisotopic (exact) mass is 504 g/mol. The van der Waals surface area contributed by atoms with E-state index in [-0.39, 0.29) is 18.1 Å². The minimum Gasteiger partial charge on any atom is -0.429 e. The fraction of sp³-hybridized carbons (Fsp3) is 0.429. The van der Waals surface area contributed by atoms with Crippen LogP contribution in [0.15, 0.2) is 36.4 Å². The third-order valence-electron chi connectivity index (χ3n) is 4.86. The highest BCUT2D eigenvalue weighted by Gasteiger charge is 2.49. The van der Waals surface area contributed by atoms with E-state index in [9.17, 15) is 39.5 Å². The summed E-state index contributed by atoms with van der Waals surface area (Å²) in [6, 6.07) is 4.15. The Labute approximate surface area is 187 Å². The van der Waals surface area contributed by atoms with Gasteiger partial charge in [-0.15, -0.1) is 13.2 Å². The van der Waals surface area contributed by atoms with Crippen molar-refractivity contribution in [1.29, 1.82) is 0 Å². The number of hydrogen-bond donors (Lipinski definition) is 0. The van der Waals surface area contributed by atoms with E-state index in [2.05, 4.69) is 9.47 Å². The van der Waals surface area contributed by atoms with Crippen LogP contribution >= 0.6 is 0 Å². The Balaban J connectivity index is 1.76. The van der Waals surface area contributed by atoms with Gasteiger partial charge in [-0.05, 0) is 18.6 Å². The Kier molecular flexibility index (Phi) is 7.39. The van der Waals surface area contributed by atoms with Gasteiger partial charge in [0.1, 0.15) is 22.9 Å². The summed E-state index contributed by atoms with van der Waals surface area (Å²) in [5.74, 6) is -5.61. The van der Waals surface area contributed by atoms with Gasteiger partial charge in [0.25, 0.3) is 0 Å². The first-order valence-electron chi connectivity index (χ1n) is 9.76. The largest absolute Gasteiger partial charge is 0.527 e. The Morgan fingerprint density at radius 2 is 1.38 bits per heavy atom. The zero-order valence-corrected chi connectivity index (χ0v) is 17.3. The minimum absolute atomic E-state index is 0.109. The summed E-state index contributed by atoms with van der Waals surface area (Å²) in [6.07, 6.45) is -15.5. The average Bonchev–Trinajstić information content (AvgIpc) is 2.71. The molecule has 1 aliphatic rings. The summed E-state index contributed by atoms with van der Waals surface area (Å²) in [7, 11) is 0. The van der Waals surface area contributed by atoms with Gasteiger partial charge in [0, 0.05) is 23.6 Å². The van der Waals surface area contributed by atoms with Crippen molar-refractivity contribution >= 4 is 0 Å². The molecule has 0 amide bonds. The molecule has 1 aliphatic heterocycles. The quantitative estimate of drug-likeness (QED) is 0.391. The molecule has 0 radical (unpaired) electrons. The Hall–Kier alpha value is -2.51. The zero-order chi connectivity index (χ0) is 25.3. The second-order valence-electron chi connectivity index (χ2n) is 7.34. The molecule has 0 bridgehead atoms. The highest BCUT2D eigenvalue weighted by molar-refractivity contribution is 5.34. The van der Waals surface area contributed by atoms with Crippen LogP contribution in [-0.2, 0) is 26.4 Å². The Morgan fingerprint density at radius 1 is 0.853 bits per heavy atom. The Morgan fingerprint density at radius 3 is 1.85 bits per heavy atom. The van der Waals surface area contributed by atoms with Crippen molar-refractivity contribution in [2.75, 3.05) is 13.2 Å². The van der Waals surface area contributed by atoms with E-state index in [0.717, 1.165) is 18.6 Å². The molecule has 0 atom stereocenters. The normalized spacial score (nSPS) is 19.8. The molecular weight excluding hydrogens is 487 g/mol. The van der Waals surface area contributed by atoms with Crippen LogP contribution in [0.25, 0.3) is 0 Å². The molecule has 0 aliphatic carbocycles. The SMILES string of the molecule is CCC1COC(c2ccc(C(F)(F)Oc3cc(F)c(C(F)(F)OC(F)(F)F)c(F)c3)cc2)OC1. The van der Waals surface area contributed by atoms with Gasteiger partial charge in [0.05, 0.1) is 18.8 Å². The molecule has 1 heterocycles. The lowest BCUT2D eigenvalue weighted by Crippen LogP contribution is -2.30. The number of benzene rings is 2. The maximum Gasteiger partial charge on any atom is 0.527 e. The molecule has 0 aromatic heterocycles. The van der Waals surface area contributed by atoms with E-state index in [1.807, 2.05) is 6.92 Å². The van der Waals surface area contributed by atoms with Crippen molar-refractivity contribution in [1.82, 2.24) is 0 Å². The maximum atomic E-state index is 14.5. The third-order valence-corrected chi connectivity index (χ3v) is 4.86. The van der Waals surface area contributed by atoms with Crippen molar-refractivity contribution in [3.63, 3.8) is 0 Å². The molecule has 1 fully saturated rings. The number of hydrogen-bond acceptors (Lipinski definition) is 4. The summed E-state index contributed by atoms with van der Waals surface area (Å²) >= 11 is 0. The van der Waals surface area contributed by atoms with Gasteiger partial charge in [0.2, 0.25) is 0 Å². The third kappa shape index (κ3) is 6.13. The van der Waals surface area contributed by atoms with Crippen molar-refractivity contribution < 1.29 is 58.5 Å². The number of alkyl halides is 7. The summed E-state index contributed by atoms with van der Waals surface area (Å²) in [5.41, 5.74) is -2.76. The minimum atomic E-state index is -5.93. The molecular formula is C21H17F9O4. The molecule has 2 aromatic carbocycles. The molecule has 0 N–H and O–H groups in total. The van der Waals surface area contributed by atoms with Gasteiger partial charge in [0.15, 0.2) is 6.29 Å². The summed E-state index contributed by atoms with van der Waals surface area (Å²) < 4.78 is 138. The molecule has 0 unspecified atom stereocenters. The molecule has 3 rings (SSSR count). The molecule has 188 valence electrons. The van der Waals surface area contributed by atoms with Crippen molar-refractivity contribution in [2.24, 2.45) is 5.92 Å². The highest BCUT2D eigenvalue weighted by Crippen LogP contribution is 2.41. The fourth-order valence-corrected chi connectivity index (χ4v) is 3.10. The molecule has 4 nitrogen and oxygen atoms in total. The molecule has 1 saturated heterocycles. The average molecular weight is 504 g/mol. The van der Waals surface area contributed by atoms with Gasteiger partial charge in [-0.2, -0.15) is 17.6 Å². The first-order chi connectivity index (χ1) is 15.7. The van der Waals surface area contributed by atoms with E-state index < -0.39 is 53.4 Å². The molecule has 13 heteroatoms. The molecule has 34 heavy (non-hydrogen) atoms. The second kappa shape index (κ2) is 9.62. The van der Waals surface area contributed by atoms with Gasteiger partial charge in [-0.1, -0.05) is 19.1 Å². The number of ether oxygens (including phenoxy) is 4. The van der Waals surface area contributed by atoms with Crippen LogP contribution in [0.5, 0.6) is 5.75 Å². The van der Waals surface area contributed by atoms with Gasteiger partial charge >= 0.3 is 18.6 Å². The lowest BCUT2D eigenvalue weighted by Gasteiger charge is -2.29. The van der Waals surface area contributed by atoms with Gasteiger partial charge < -0.3 is 14.2 Å². The second-order valence-corrected chi connectivity index (χ2v) is 7.34. The van der Waals surface area contributed by atoms with Crippen LogP contribution in [0, 0.1) is 17.6 Å². The summed E-state index contributed by atoms with van der Waals surface area (Å²) in [4.78, 5) is 0. The number of rotatable bonds is 7. The van der Waals surface area contributed by atoms with Crippen LogP contribution in [0.2, 0.25) is 0 Å². The number of halogens is 9. The first-order valence-corrected chi connectivity index (χ1v) is 9.76. The van der Waals surface area contributed by atoms with E-state index in [1.165, 1.54) is 12.1 Å². The maximum absolute atomic E-state index is 14.5. The molecule has 0 spiro atoms. The topological polar surface area (TPSA) is 36.9 Å². The fourth-order valence-electron chi connectivity index (χ4n) is 3.10. The molecule has 0 saturated carbocycles. The van der Waals surface area contributed by atoms with Gasteiger partial charge in [-0.3, -0.25) is 0 Å². The highest BCUT2D eigenvalue weighted by atomic mass is 19.4. The first kappa shape index (κ1) is 26.1. The van der Waals surface area contributed by atoms with Crippen LogP contribution in [0.4, 0.5) is 39.5 Å². The van der Waals surface area contributed by atoms with E-state index in [4.69, 9.17) is 9.47 Å². The lowest BCUT2D eigenvalue weighted by molar-refractivity contribution is -0.432. The van der Waals surface area contributed by atoms with Crippen LogP contribution in [0.3, 0.4) is 0 Å². The predicted molar refractivity (Wildman–Crippen MR) is 96.8 cm³/mol. The van der Waals surface area contributed by atoms with E-state index >= 15 is 0 Å². The molecule has 2 aromatic rings. The summed E-state index contributed by atoms with van der Waals surface area (Å²) in [6.45, 7) is 2.80. The van der Waals surface area contributed by atoms with E-state index in [0.29, 0.717) is 18.8 Å². The van der Waals surface area contributed by atoms with Crippen molar-refractivity contribution in [3.05, 3.63) is 64.7 Å².